The number of rotatable bonds is 5. The summed E-state index contributed by atoms with van der Waals surface area (Å²) in [5.41, 5.74) is 3.57. The Morgan fingerprint density at radius 1 is 1.12 bits per heavy atom. The molecule has 4 nitrogen and oxygen atoms in total. The number of piperazine rings is 1. The van der Waals surface area contributed by atoms with Gasteiger partial charge in [0, 0.05) is 11.3 Å². The van der Waals surface area contributed by atoms with Crippen molar-refractivity contribution < 1.29 is 9.69 Å². The topological polar surface area (TPSA) is 36.8 Å². The van der Waals surface area contributed by atoms with Crippen molar-refractivity contribution in [2.45, 2.75) is 26.4 Å². The molecule has 1 aliphatic heterocycles. The summed E-state index contributed by atoms with van der Waals surface area (Å²) in [6.45, 7) is 8.75. The third-order valence-electron chi connectivity index (χ3n) is 4.85. The maximum absolute atomic E-state index is 12.7. The number of anilines is 1. The first kappa shape index (κ1) is 17.5. The van der Waals surface area contributed by atoms with Crippen LogP contribution in [0, 0.1) is 6.92 Å². The molecule has 1 saturated heterocycles. The second-order valence-corrected chi connectivity index (χ2v) is 6.97. The largest absolute Gasteiger partial charge is 0.374 e. The molecular formula is C21H28N3O+. The Morgan fingerprint density at radius 3 is 2.52 bits per heavy atom. The van der Waals surface area contributed by atoms with E-state index in [4.69, 9.17) is 0 Å². The van der Waals surface area contributed by atoms with Gasteiger partial charge in [0.25, 0.3) is 0 Å². The highest BCUT2D eigenvalue weighted by molar-refractivity contribution is 5.84. The summed E-state index contributed by atoms with van der Waals surface area (Å²) in [7, 11) is 0. The maximum atomic E-state index is 12.7. The third-order valence-corrected chi connectivity index (χ3v) is 4.85. The summed E-state index contributed by atoms with van der Waals surface area (Å²) in [6, 6.07) is 18.6. The Morgan fingerprint density at radius 2 is 1.84 bits per heavy atom. The third kappa shape index (κ3) is 4.83. The second kappa shape index (κ2) is 8.17. The lowest BCUT2D eigenvalue weighted by atomic mass is 10.1. The van der Waals surface area contributed by atoms with E-state index in [2.05, 4.69) is 54.7 Å². The van der Waals surface area contributed by atoms with Gasteiger partial charge in [-0.2, -0.15) is 0 Å². The van der Waals surface area contributed by atoms with Gasteiger partial charge in [-0.1, -0.05) is 42.5 Å². The first-order valence-corrected chi connectivity index (χ1v) is 9.11. The zero-order chi connectivity index (χ0) is 17.6. The zero-order valence-electron chi connectivity index (χ0n) is 15.2. The minimum Gasteiger partial charge on any atom is -0.374 e. The van der Waals surface area contributed by atoms with E-state index >= 15 is 0 Å². The highest BCUT2D eigenvalue weighted by Gasteiger charge is 2.26. The molecule has 0 aromatic heterocycles. The van der Waals surface area contributed by atoms with Crippen LogP contribution in [0.2, 0.25) is 0 Å². The van der Waals surface area contributed by atoms with Gasteiger partial charge in [-0.15, -0.1) is 0 Å². The summed E-state index contributed by atoms with van der Waals surface area (Å²) in [4.78, 5) is 16.3. The number of nitrogens with zero attached hydrogens (tertiary/aromatic N) is 1. The Balaban J connectivity index is 1.49. The predicted molar refractivity (Wildman–Crippen MR) is 102 cm³/mol. The van der Waals surface area contributed by atoms with Crippen LogP contribution in [0.1, 0.15) is 18.1 Å². The van der Waals surface area contributed by atoms with Gasteiger partial charge in [0.05, 0.1) is 26.2 Å². The molecule has 0 bridgehead atoms. The minimum atomic E-state index is -0.197. The van der Waals surface area contributed by atoms with Crippen LogP contribution in [-0.2, 0) is 11.3 Å². The van der Waals surface area contributed by atoms with Crippen LogP contribution in [0.15, 0.2) is 54.6 Å². The fourth-order valence-electron chi connectivity index (χ4n) is 3.43. The lowest BCUT2D eigenvalue weighted by molar-refractivity contribution is -0.917. The maximum Gasteiger partial charge on any atom is 0.245 e. The van der Waals surface area contributed by atoms with Crippen LogP contribution in [0.3, 0.4) is 0 Å². The molecule has 0 aliphatic carbocycles. The van der Waals surface area contributed by atoms with Gasteiger partial charge in [-0.3, -0.25) is 4.79 Å². The molecule has 2 aromatic carbocycles. The van der Waals surface area contributed by atoms with Crippen molar-refractivity contribution in [3.63, 3.8) is 0 Å². The van der Waals surface area contributed by atoms with Crippen LogP contribution in [0.5, 0.6) is 0 Å². The lowest BCUT2D eigenvalue weighted by Gasteiger charge is -2.34. The fraction of sp³-hybridized carbons (Fsp3) is 0.381. The molecule has 0 unspecified atom stereocenters. The number of hydrogen-bond donors (Lipinski definition) is 2. The van der Waals surface area contributed by atoms with Crippen LogP contribution in [0.4, 0.5) is 5.69 Å². The van der Waals surface area contributed by atoms with E-state index < -0.39 is 0 Å². The fourth-order valence-corrected chi connectivity index (χ4v) is 3.43. The molecule has 2 aromatic rings. The number of quaternary nitrogens is 1. The van der Waals surface area contributed by atoms with Crippen molar-refractivity contribution in [1.29, 1.82) is 0 Å². The molecule has 1 atom stereocenters. The van der Waals surface area contributed by atoms with Crippen LogP contribution in [-0.4, -0.2) is 43.0 Å². The smallest absolute Gasteiger partial charge is 0.245 e. The zero-order valence-corrected chi connectivity index (χ0v) is 15.2. The van der Waals surface area contributed by atoms with Crippen molar-refractivity contribution in [1.82, 2.24) is 4.90 Å². The van der Waals surface area contributed by atoms with Crippen molar-refractivity contribution >= 4 is 11.6 Å². The average Bonchev–Trinajstić information content (AvgIpc) is 2.62. The Kier molecular flexibility index (Phi) is 5.71. The normalized spacial score (nSPS) is 16.5. The first-order valence-electron chi connectivity index (χ1n) is 9.11. The van der Waals surface area contributed by atoms with Gasteiger partial charge in [0.15, 0.2) is 0 Å². The molecule has 0 radical (unpaired) electrons. The number of hydrogen-bond acceptors (Lipinski definition) is 2. The quantitative estimate of drug-likeness (QED) is 0.871. The molecule has 4 heteroatoms. The van der Waals surface area contributed by atoms with Crippen LogP contribution in [0.25, 0.3) is 0 Å². The molecule has 1 aliphatic rings. The molecule has 1 fully saturated rings. The van der Waals surface area contributed by atoms with E-state index in [1.54, 1.807) is 4.90 Å². The van der Waals surface area contributed by atoms with Crippen LogP contribution >= 0.6 is 0 Å². The summed E-state index contributed by atoms with van der Waals surface area (Å²) in [6.07, 6.45) is 0. The average molecular weight is 338 g/mol. The van der Waals surface area contributed by atoms with Crippen LogP contribution < -0.4 is 10.2 Å². The van der Waals surface area contributed by atoms with Gasteiger partial charge in [0.2, 0.25) is 5.91 Å². The molecule has 2 N–H and O–H groups in total. The molecule has 0 saturated carbocycles. The summed E-state index contributed by atoms with van der Waals surface area (Å²) in [5.74, 6) is 0.195. The van der Waals surface area contributed by atoms with Crippen molar-refractivity contribution in [2.24, 2.45) is 0 Å². The van der Waals surface area contributed by atoms with E-state index in [-0.39, 0.29) is 11.9 Å². The Bertz CT molecular complexity index is 693. The van der Waals surface area contributed by atoms with E-state index in [0.29, 0.717) is 0 Å². The van der Waals surface area contributed by atoms with Gasteiger partial charge < -0.3 is 15.1 Å². The molecule has 3 rings (SSSR count). The van der Waals surface area contributed by atoms with Crippen molar-refractivity contribution in [3.8, 4) is 0 Å². The minimum absolute atomic E-state index is 0.195. The molecule has 1 heterocycles. The van der Waals surface area contributed by atoms with Gasteiger partial charge >= 0.3 is 0 Å². The Labute approximate surface area is 150 Å². The lowest BCUT2D eigenvalue weighted by Crippen LogP contribution is -3.13. The number of aryl methyl sites for hydroxylation is 1. The number of amides is 1. The van der Waals surface area contributed by atoms with E-state index in [1.807, 2.05) is 24.0 Å². The number of carbonyl (C=O) groups excluding carboxylic acids is 1. The highest BCUT2D eigenvalue weighted by Crippen LogP contribution is 2.12. The van der Waals surface area contributed by atoms with Crippen molar-refractivity contribution in [2.75, 3.05) is 31.5 Å². The molecule has 0 spiro atoms. The number of nitrogens with one attached hydrogen (secondary N) is 2. The van der Waals surface area contributed by atoms with E-state index in [1.165, 1.54) is 11.1 Å². The summed E-state index contributed by atoms with van der Waals surface area (Å²) < 4.78 is 0. The van der Waals surface area contributed by atoms with Gasteiger partial charge in [-0.25, -0.2) is 0 Å². The van der Waals surface area contributed by atoms with Gasteiger partial charge in [-0.05, 0) is 31.5 Å². The molecule has 25 heavy (non-hydrogen) atoms. The summed E-state index contributed by atoms with van der Waals surface area (Å²) >= 11 is 0. The predicted octanol–water partition coefficient (Wildman–Crippen LogP) is 1.72. The molecule has 1 amide bonds. The second-order valence-electron chi connectivity index (χ2n) is 6.97. The van der Waals surface area contributed by atoms with Gasteiger partial charge in [0.1, 0.15) is 12.6 Å². The monoisotopic (exact) mass is 338 g/mol. The standard InChI is InChI=1S/C21H27N3O/c1-17-7-6-10-20(15-17)22-18(2)21(25)24-13-11-23(12-14-24)16-19-8-4-3-5-9-19/h3-10,15,18,22H,11-14,16H2,1-2H3/p+1/t18-/m0/s1. The number of benzene rings is 2. The van der Waals surface area contributed by atoms with Crippen molar-refractivity contribution in [3.05, 3.63) is 65.7 Å². The van der Waals surface area contributed by atoms with E-state index in [0.717, 1.165) is 38.4 Å². The highest BCUT2D eigenvalue weighted by atomic mass is 16.2. The number of carbonyl (C=O) groups is 1. The molecular weight excluding hydrogens is 310 g/mol. The first-order chi connectivity index (χ1) is 12.1. The Hall–Kier alpha value is -2.33. The summed E-state index contributed by atoms with van der Waals surface area (Å²) in [5, 5.41) is 3.33. The SMILES string of the molecule is Cc1cccc(N[C@@H](C)C(=O)N2CC[NH+](Cc3ccccc3)CC2)c1. The van der Waals surface area contributed by atoms with E-state index in [9.17, 15) is 4.79 Å². The molecule has 132 valence electrons.